The Morgan fingerprint density at radius 3 is 2.32 bits per heavy atom. The number of hydrogen-bond donors (Lipinski definition) is 3. The lowest BCUT2D eigenvalue weighted by Crippen LogP contribution is -2.21. The molecule has 1 atom stereocenters. The number of carbonyl (C=O) groups excluding carboxylic acids is 2. The molecule has 0 aliphatic heterocycles. The lowest BCUT2D eigenvalue weighted by Gasteiger charge is -2.13. The molecule has 1 aromatic heterocycles. The van der Waals surface area contributed by atoms with Crippen LogP contribution < -0.4 is 5.32 Å². The number of hydrogen-bond acceptors (Lipinski definition) is 4. The van der Waals surface area contributed by atoms with Crippen LogP contribution in [0.1, 0.15) is 34.1 Å². The molecule has 3 aromatic rings. The molecule has 8 heteroatoms. The number of carboxylic acids is 1. The van der Waals surface area contributed by atoms with Gasteiger partial charge in [0.05, 0.1) is 5.92 Å². The number of aromatic nitrogens is 2. The summed E-state index contributed by atoms with van der Waals surface area (Å²) in [4.78, 5) is 42.7. The fraction of sp³-hybridized carbons (Fsp3) is 0.100. The third kappa shape index (κ3) is 4.63. The summed E-state index contributed by atoms with van der Waals surface area (Å²) in [6.45, 7) is 0. The van der Waals surface area contributed by atoms with Crippen molar-refractivity contribution in [3.63, 3.8) is 0 Å². The second kappa shape index (κ2) is 8.49. The first-order valence-electron chi connectivity index (χ1n) is 8.36. The Morgan fingerprint density at radius 1 is 1.07 bits per heavy atom. The minimum atomic E-state index is -1.10. The van der Waals surface area contributed by atoms with Gasteiger partial charge in [-0.05, 0) is 42.0 Å². The van der Waals surface area contributed by atoms with E-state index in [1.165, 1.54) is 6.20 Å². The number of aliphatic carboxylic acids is 1. The molecule has 142 valence electrons. The first-order chi connectivity index (χ1) is 13.4. The summed E-state index contributed by atoms with van der Waals surface area (Å²) >= 11 is 5.82. The van der Waals surface area contributed by atoms with Crippen molar-refractivity contribution in [2.45, 2.75) is 12.3 Å². The minimum absolute atomic E-state index is 0.226. The Bertz CT molecular complexity index is 983. The number of benzene rings is 2. The van der Waals surface area contributed by atoms with Gasteiger partial charge in [-0.25, -0.2) is 4.98 Å². The minimum Gasteiger partial charge on any atom is -0.481 e. The molecule has 1 amide bonds. The molecule has 7 nitrogen and oxygen atoms in total. The van der Waals surface area contributed by atoms with E-state index in [4.69, 9.17) is 11.6 Å². The Hall–Kier alpha value is -3.45. The van der Waals surface area contributed by atoms with Crippen molar-refractivity contribution in [3.05, 3.63) is 82.9 Å². The molecule has 3 rings (SSSR count). The van der Waals surface area contributed by atoms with Crippen LogP contribution in [-0.4, -0.2) is 32.7 Å². The van der Waals surface area contributed by atoms with Gasteiger partial charge in [0.2, 0.25) is 11.7 Å². The van der Waals surface area contributed by atoms with Gasteiger partial charge in [-0.3, -0.25) is 14.4 Å². The fourth-order valence-electron chi connectivity index (χ4n) is 2.67. The molecule has 28 heavy (non-hydrogen) atoms. The maximum Gasteiger partial charge on any atom is 0.311 e. The summed E-state index contributed by atoms with van der Waals surface area (Å²) < 4.78 is 0. The van der Waals surface area contributed by atoms with Crippen LogP contribution in [0.15, 0.2) is 60.9 Å². The van der Waals surface area contributed by atoms with Crippen molar-refractivity contribution in [1.82, 2.24) is 9.97 Å². The van der Waals surface area contributed by atoms with E-state index in [0.29, 0.717) is 21.8 Å². The van der Waals surface area contributed by atoms with E-state index in [0.717, 1.165) is 0 Å². The van der Waals surface area contributed by atoms with Crippen LogP contribution in [0.5, 0.6) is 0 Å². The second-order valence-electron chi connectivity index (χ2n) is 6.04. The molecule has 0 radical (unpaired) electrons. The Labute approximate surface area is 165 Å². The molecular formula is C20H16ClN3O4. The van der Waals surface area contributed by atoms with Crippen molar-refractivity contribution in [1.29, 1.82) is 0 Å². The van der Waals surface area contributed by atoms with Gasteiger partial charge in [-0.1, -0.05) is 23.7 Å². The van der Waals surface area contributed by atoms with Crippen LogP contribution in [0, 0.1) is 0 Å². The average Bonchev–Trinajstić information content (AvgIpc) is 3.21. The second-order valence-corrected chi connectivity index (χ2v) is 6.48. The molecule has 0 fully saturated rings. The molecule has 2 aromatic carbocycles. The van der Waals surface area contributed by atoms with Crippen LogP contribution in [0.25, 0.3) is 0 Å². The third-order valence-electron chi connectivity index (χ3n) is 4.10. The van der Waals surface area contributed by atoms with E-state index in [1.54, 1.807) is 54.7 Å². The first kappa shape index (κ1) is 19.3. The van der Waals surface area contributed by atoms with Crippen LogP contribution in [0.3, 0.4) is 0 Å². The highest BCUT2D eigenvalue weighted by molar-refractivity contribution is 6.30. The van der Waals surface area contributed by atoms with Crippen LogP contribution in [-0.2, 0) is 9.59 Å². The van der Waals surface area contributed by atoms with Gasteiger partial charge in [0.1, 0.15) is 0 Å². The molecule has 0 aliphatic carbocycles. The molecule has 1 unspecified atom stereocenters. The van der Waals surface area contributed by atoms with Crippen molar-refractivity contribution < 1.29 is 19.5 Å². The van der Waals surface area contributed by atoms with Crippen molar-refractivity contribution >= 4 is 34.9 Å². The Kier molecular flexibility index (Phi) is 5.86. The maximum absolute atomic E-state index is 12.3. The van der Waals surface area contributed by atoms with Gasteiger partial charge in [0, 0.05) is 35.1 Å². The summed E-state index contributed by atoms with van der Waals surface area (Å²) in [5, 5.41) is 12.6. The Morgan fingerprint density at radius 2 is 1.75 bits per heavy atom. The van der Waals surface area contributed by atoms with E-state index < -0.39 is 17.8 Å². The van der Waals surface area contributed by atoms with E-state index in [1.807, 2.05) is 0 Å². The number of carboxylic acid groups (broad SMARTS) is 1. The molecule has 0 spiro atoms. The predicted octanol–water partition coefficient (Wildman–Crippen LogP) is 3.49. The summed E-state index contributed by atoms with van der Waals surface area (Å²) in [5.74, 6) is -2.58. The van der Waals surface area contributed by atoms with Gasteiger partial charge < -0.3 is 15.4 Å². The van der Waals surface area contributed by atoms with Gasteiger partial charge in [-0.15, -0.1) is 0 Å². The highest BCUT2D eigenvalue weighted by Crippen LogP contribution is 2.23. The first-order valence-corrected chi connectivity index (χ1v) is 8.74. The largest absolute Gasteiger partial charge is 0.481 e. The standard InChI is InChI=1S/C20H16ClN3O4/c21-14-5-1-12(2-6-14)16(20(27)28)11-17(25)24-15-7-3-13(4-8-15)18(26)19-22-9-10-23-19/h1-10,16H,11H2,(H,22,23)(H,24,25)(H,27,28). The van der Waals surface area contributed by atoms with Gasteiger partial charge >= 0.3 is 5.97 Å². The number of anilines is 1. The van der Waals surface area contributed by atoms with Crippen molar-refractivity contribution in [3.8, 4) is 0 Å². The number of rotatable bonds is 7. The normalized spacial score (nSPS) is 11.6. The summed E-state index contributed by atoms with van der Waals surface area (Å²) in [6, 6.07) is 12.6. The monoisotopic (exact) mass is 397 g/mol. The molecule has 0 bridgehead atoms. The zero-order valence-electron chi connectivity index (χ0n) is 14.6. The number of nitrogens with zero attached hydrogens (tertiary/aromatic N) is 1. The third-order valence-corrected chi connectivity index (χ3v) is 4.36. The summed E-state index contributed by atoms with van der Waals surface area (Å²) in [5.41, 5.74) is 1.37. The number of aromatic amines is 1. The van der Waals surface area contributed by atoms with E-state index in [9.17, 15) is 19.5 Å². The van der Waals surface area contributed by atoms with E-state index in [2.05, 4.69) is 15.3 Å². The number of imidazole rings is 1. The van der Waals surface area contributed by atoms with Crippen LogP contribution in [0.4, 0.5) is 5.69 Å². The number of ketones is 1. The molecular weight excluding hydrogens is 382 g/mol. The molecule has 1 heterocycles. The number of nitrogens with one attached hydrogen (secondary N) is 2. The zero-order chi connectivity index (χ0) is 20.1. The van der Waals surface area contributed by atoms with Crippen LogP contribution in [0.2, 0.25) is 5.02 Å². The topological polar surface area (TPSA) is 112 Å². The van der Waals surface area contributed by atoms with Crippen molar-refractivity contribution in [2.24, 2.45) is 0 Å². The zero-order valence-corrected chi connectivity index (χ0v) is 15.3. The maximum atomic E-state index is 12.3. The molecule has 3 N–H and O–H groups in total. The highest BCUT2D eigenvalue weighted by Gasteiger charge is 2.23. The molecule has 0 saturated heterocycles. The average molecular weight is 398 g/mol. The smallest absolute Gasteiger partial charge is 0.311 e. The van der Waals surface area contributed by atoms with Crippen LogP contribution >= 0.6 is 11.6 Å². The van der Waals surface area contributed by atoms with E-state index in [-0.39, 0.29) is 18.0 Å². The predicted molar refractivity (Wildman–Crippen MR) is 104 cm³/mol. The van der Waals surface area contributed by atoms with Crippen molar-refractivity contribution in [2.75, 3.05) is 5.32 Å². The van der Waals surface area contributed by atoms with Gasteiger partial charge in [0.25, 0.3) is 0 Å². The molecule has 0 aliphatic rings. The molecule has 0 saturated carbocycles. The summed E-state index contributed by atoms with van der Waals surface area (Å²) in [7, 11) is 0. The quantitative estimate of drug-likeness (QED) is 0.528. The fourth-order valence-corrected chi connectivity index (χ4v) is 2.80. The van der Waals surface area contributed by atoms with Gasteiger partial charge in [-0.2, -0.15) is 0 Å². The number of amides is 1. The lowest BCUT2D eigenvalue weighted by molar-refractivity contribution is -0.140. The van der Waals surface area contributed by atoms with Gasteiger partial charge in [0.15, 0.2) is 5.82 Å². The summed E-state index contributed by atoms with van der Waals surface area (Å²) in [6.07, 6.45) is 2.81. The Balaban J connectivity index is 1.65. The number of H-pyrrole nitrogens is 1. The lowest BCUT2D eigenvalue weighted by atomic mass is 9.95. The van der Waals surface area contributed by atoms with E-state index >= 15 is 0 Å². The number of carbonyl (C=O) groups is 3. The highest BCUT2D eigenvalue weighted by atomic mass is 35.5. The number of halogens is 1. The SMILES string of the molecule is O=C(CC(C(=O)O)c1ccc(Cl)cc1)Nc1ccc(C(=O)c2ncc[nH]2)cc1.